The Morgan fingerprint density at radius 3 is 2.74 bits per heavy atom. The molecule has 1 aromatic rings. The van der Waals surface area contributed by atoms with E-state index in [4.69, 9.17) is 0 Å². The van der Waals surface area contributed by atoms with Crippen LogP contribution in [-0.4, -0.2) is 14.9 Å². The molecule has 0 saturated carbocycles. The highest BCUT2D eigenvalue weighted by Gasteiger charge is 2.11. The van der Waals surface area contributed by atoms with E-state index in [9.17, 15) is 5.11 Å². The number of aromatic nitrogens is 2. The maximum Gasteiger partial charge on any atom is 0.120 e. The van der Waals surface area contributed by atoms with Gasteiger partial charge in [-0.15, -0.1) is 0 Å². The minimum absolute atomic E-state index is 0.187. The molecule has 23 heavy (non-hydrogen) atoms. The average molecular weight is 308 g/mol. The maximum atomic E-state index is 10.2. The lowest BCUT2D eigenvalue weighted by Crippen LogP contribution is -1.92. The zero-order valence-electron chi connectivity index (χ0n) is 14.2. The van der Waals surface area contributed by atoms with Crippen molar-refractivity contribution in [1.29, 1.82) is 0 Å². The van der Waals surface area contributed by atoms with E-state index in [0.717, 1.165) is 29.7 Å². The highest BCUT2D eigenvalue weighted by molar-refractivity contribution is 5.69. The Balaban J connectivity index is 2.34. The number of aliphatic hydroxyl groups is 1. The fraction of sp³-hybridized carbons (Fsp3) is 0.350. The van der Waals surface area contributed by atoms with Gasteiger partial charge < -0.3 is 5.11 Å². The Morgan fingerprint density at radius 2 is 2.09 bits per heavy atom. The molecule has 0 atom stereocenters. The summed E-state index contributed by atoms with van der Waals surface area (Å²) in [7, 11) is 1.86. The van der Waals surface area contributed by atoms with Gasteiger partial charge in [-0.1, -0.05) is 36.1 Å². The molecule has 0 unspecified atom stereocenters. The van der Waals surface area contributed by atoms with Gasteiger partial charge in [-0.25, -0.2) is 0 Å². The minimum atomic E-state index is 0.187. The summed E-state index contributed by atoms with van der Waals surface area (Å²) < 4.78 is 1.73. The zero-order valence-corrected chi connectivity index (χ0v) is 14.2. The third kappa shape index (κ3) is 4.75. The molecule has 1 aliphatic rings. The lowest BCUT2D eigenvalue weighted by molar-refractivity contribution is 0.434. The molecule has 1 N–H and O–H groups in total. The quantitative estimate of drug-likeness (QED) is 0.499. The normalized spacial score (nSPS) is 15.7. The van der Waals surface area contributed by atoms with Gasteiger partial charge in [0.15, 0.2) is 0 Å². The number of aryl methyl sites for hydroxylation is 1. The van der Waals surface area contributed by atoms with Crippen LogP contribution in [0.2, 0.25) is 0 Å². The monoisotopic (exact) mass is 308 g/mol. The number of allylic oxidation sites excluding steroid dienone is 6. The third-order valence-electron chi connectivity index (χ3n) is 3.74. The Labute approximate surface area is 138 Å². The van der Waals surface area contributed by atoms with Gasteiger partial charge in [0.1, 0.15) is 11.5 Å². The molecular weight excluding hydrogens is 284 g/mol. The Morgan fingerprint density at radius 1 is 1.30 bits per heavy atom. The molecule has 0 aliphatic heterocycles. The Kier molecular flexibility index (Phi) is 5.65. The van der Waals surface area contributed by atoms with Gasteiger partial charge >= 0.3 is 0 Å². The minimum Gasteiger partial charge on any atom is -0.508 e. The summed E-state index contributed by atoms with van der Waals surface area (Å²) in [5, 5.41) is 14.7. The summed E-state index contributed by atoms with van der Waals surface area (Å²) in [4.78, 5) is 0. The Hall–Kier alpha value is -2.47. The van der Waals surface area contributed by atoms with E-state index in [1.165, 1.54) is 18.4 Å². The highest BCUT2D eigenvalue weighted by Crippen LogP contribution is 2.21. The standard InChI is InChI=1S/C20H24N2O/c1-15(2)10-13-19(23)16(3)20-18(14-22(4)21-20)12-11-17-8-6-5-7-9-17/h8,10,13-14,23H,1,5-7,9H2,2-4H3/b13-10-,19-16-. The molecule has 1 aromatic heterocycles. The van der Waals surface area contributed by atoms with Crippen LogP contribution in [0, 0.1) is 11.8 Å². The van der Waals surface area contributed by atoms with Crippen molar-refractivity contribution in [2.24, 2.45) is 7.05 Å². The molecule has 3 heteroatoms. The second-order valence-electron chi connectivity index (χ2n) is 5.98. The maximum absolute atomic E-state index is 10.2. The van der Waals surface area contributed by atoms with E-state index < -0.39 is 0 Å². The van der Waals surface area contributed by atoms with E-state index in [1.807, 2.05) is 27.1 Å². The smallest absolute Gasteiger partial charge is 0.120 e. The van der Waals surface area contributed by atoms with Crippen LogP contribution in [0.25, 0.3) is 5.57 Å². The van der Waals surface area contributed by atoms with Crippen molar-refractivity contribution in [2.75, 3.05) is 0 Å². The van der Waals surface area contributed by atoms with Gasteiger partial charge in [0, 0.05) is 18.8 Å². The molecule has 0 amide bonds. The van der Waals surface area contributed by atoms with Gasteiger partial charge in [-0.2, -0.15) is 5.10 Å². The van der Waals surface area contributed by atoms with Crippen LogP contribution >= 0.6 is 0 Å². The van der Waals surface area contributed by atoms with Crippen LogP contribution in [0.4, 0.5) is 0 Å². The van der Waals surface area contributed by atoms with Crippen LogP contribution in [0.3, 0.4) is 0 Å². The molecule has 1 aliphatic carbocycles. The van der Waals surface area contributed by atoms with Gasteiger partial charge in [0.05, 0.1) is 5.56 Å². The SMILES string of the molecule is C=C(C)/C=C\C(O)=C(/C)c1nn(C)cc1C#CC1=CCCCC1. The van der Waals surface area contributed by atoms with Gasteiger partial charge in [0.25, 0.3) is 0 Å². The summed E-state index contributed by atoms with van der Waals surface area (Å²) in [5.74, 6) is 6.66. The van der Waals surface area contributed by atoms with Crippen molar-refractivity contribution in [2.45, 2.75) is 39.5 Å². The molecule has 3 nitrogen and oxygen atoms in total. The van der Waals surface area contributed by atoms with Crippen molar-refractivity contribution < 1.29 is 5.11 Å². The zero-order chi connectivity index (χ0) is 16.8. The first kappa shape index (κ1) is 16.9. The van der Waals surface area contributed by atoms with Gasteiger partial charge in [0.2, 0.25) is 0 Å². The highest BCUT2D eigenvalue weighted by atomic mass is 16.3. The molecular formula is C20H24N2O. The fourth-order valence-electron chi connectivity index (χ4n) is 2.42. The number of rotatable bonds is 3. The molecule has 0 saturated heterocycles. The van der Waals surface area contributed by atoms with Crippen LogP contribution < -0.4 is 0 Å². The number of hydrogen-bond donors (Lipinski definition) is 1. The average Bonchev–Trinajstić information content (AvgIpc) is 2.91. The van der Waals surface area contributed by atoms with Crippen molar-refractivity contribution >= 4 is 5.57 Å². The first-order valence-electron chi connectivity index (χ1n) is 7.96. The Bertz CT molecular complexity index is 748. The van der Waals surface area contributed by atoms with Crippen molar-refractivity contribution in [3.8, 4) is 11.8 Å². The molecule has 0 aromatic carbocycles. The third-order valence-corrected chi connectivity index (χ3v) is 3.74. The van der Waals surface area contributed by atoms with Gasteiger partial charge in [-0.05, 0) is 51.2 Å². The van der Waals surface area contributed by atoms with E-state index >= 15 is 0 Å². The molecule has 1 heterocycles. The molecule has 0 spiro atoms. The predicted molar refractivity (Wildman–Crippen MR) is 95.8 cm³/mol. The van der Waals surface area contributed by atoms with E-state index in [1.54, 1.807) is 16.8 Å². The van der Waals surface area contributed by atoms with Crippen molar-refractivity contribution in [1.82, 2.24) is 9.78 Å². The first-order chi connectivity index (χ1) is 11.0. The van der Waals surface area contributed by atoms with E-state index in [0.29, 0.717) is 5.57 Å². The lowest BCUT2D eigenvalue weighted by Gasteiger charge is -2.05. The second kappa shape index (κ2) is 7.69. The molecule has 2 rings (SSSR count). The predicted octanol–water partition coefficient (Wildman–Crippen LogP) is 4.69. The van der Waals surface area contributed by atoms with E-state index in [2.05, 4.69) is 29.6 Å². The van der Waals surface area contributed by atoms with Crippen LogP contribution in [0.15, 0.2) is 47.9 Å². The topological polar surface area (TPSA) is 38.1 Å². The van der Waals surface area contributed by atoms with Crippen LogP contribution in [0.5, 0.6) is 0 Å². The summed E-state index contributed by atoms with van der Waals surface area (Å²) in [6, 6.07) is 0. The molecule has 120 valence electrons. The first-order valence-corrected chi connectivity index (χ1v) is 7.96. The summed E-state index contributed by atoms with van der Waals surface area (Å²) in [6.45, 7) is 7.53. The fourth-order valence-corrected chi connectivity index (χ4v) is 2.42. The number of hydrogen-bond acceptors (Lipinski definition) is 2. The summed E-state index contributed by atoms with van der Waals surface area (Å²) in [6.07, 6.45) is 12.2. The van der Waals surface area contributed by atoms with Crippen LogP contribution in [0.1, 0.15) is 50.8 Å². The number of aliphatic hydroxyl groups excluding tert-OH is 1. The molecule has 0 fully saturated rings. The van der Waals surface area contributed by atoms with Crippen molar-refractivity contribution in [3.63, 3.8) is 0 Å². The van der Waals surface area contributed by atoms with Crippen molar-refractivity contribution in [3.05, 3.63) is 59.2 Å². The van der Waals surface area contributed by atoms with Gasteiger partial charge in [-0.3, -0.25) is 4.68 Å². The molecule has 0 radical (unpaired) electrons. The summed E-state index contributed by atoms with van der Waals surface area (Å²) >= 11 is 0. The second-order valence-corrected chi connectivity index (χ2v) is 5.98. The lowest BCUT2D eigenvalue weighted by atomic mass is 9.99. The number of nitrogens with zero attached hydrogens (tertiary/aromatic N) is 2. The summed E-state index contributed by atoms with van der Waals surface area (Å²) in [5.41, 5.74) is 4.37. The molecule has 0 bridgehead atoms. The van der Waals surface area contributed by atoms with E-state index in [-0.39, 0.29) is 5.76 Å². The van der Waals surface area contributed by atoms with Crippen LogP contribution in [-0.2, 0) is 7.05 Å². The largest absolute Gasteiger partial charge is 0.508 e.